The van der Waals surface area contributed by atoms with E-state index in [0.29, 0.717) is 18.9 Å². The van der Waals surface area contributed by atoms with Gasteiger partial charge in [-0.15, -0.1) is 11.3 Å². The minimum atomic E-state index is -0.247. The lowest BCUT2D eigenvalue weighted by Gasteiger charge is -2.24. The second kappa shape index (κ2) is 7.25. The van der Waals surface area contributed by atoms with Gasteiger partial charge in [0.05, 0.1) is 31.6 Å². The fraction of sp³-hybridized carbons (Fsp3) is 0.611. The SMILES string of the molecule is COC(=O)CC1Cc2c(sc3ncnc(OC4CCCCC4)c23)CO1. The van der Waals surface area contributed by atoms with Crippen molar-refractivity contribution in [1.82, 2.24) is 9.97 Å². The molecular weight excluding hydrogens is 340 g/mol. The summed E-state index contributed by atoms with van der Waals surface area (Å²) in [4.78, 5) is 22.5. The van der Waals surface area contributed by atoms with Crippen molar-refractivity contribution in [3.63, 3.8) is 0 Å². The molecule has 134 valence electrons. The monoisotopic (exact) mass is 362 g/mol. The number of methoxy groups -OCH3 is 1. The molecule has 0 bridgehead atoms. The molecule has 0 radical (unpaired) electrons. The number of fused-ring (bicyclic) bond motifs is 3. The molecule has 1 atom stereocenters. The molecule has 2 aromatic heterocycles. The molecule has 1 aliphatic heterocycles. The largest absolute Gasteiger partial charge is 0.474 e. The van der Waals surface area contributed by atoms with Crippen LogP contribution in [-0.4, -0.2) is 35.3 Å². The normalized spacial score (nSPS) is 21.1. The molecule has 0 spiro atoms. The van der Waals surface area contributed by atoms with E-state index in [4.69, 9.17) is 14.2 Å². The van der Waals surface area contributed by atoms with Crippen LogP contribution in [0.4, 0.5) is 0 Å². The van der Waals surface area contributed by atoms with Gasteiger partial charge in [0.1, 0.15) is 17.3 Å². The summed E-state index contributed by atoms with van der Waals surface area (Å²) in [6, 6.07) is 0. The van der Waals surface area contributed by atoms with Gasteiger partial charge in [0.2, 0.25) is 5.88 Å². The second-order valence-electron chi connectivity index (χ2n) is 6.66. The fourth-order valence-electron chi connectivity index (χ4n) is 3.65. The zero-order valence-corrected chi connectivity index (χ0v) is 15.1. The first-order valence-electron chi connectivity index (χ1n) is 8.85. The van der Waals surface area contributed by atoms with Crippen LogP contribution in [0.15, 0.2) is 6.33 Å². The quantitative estimate of drug-likeness (QED) is 0.776. The lowest BCUT2D eigenvalue weighted by molar-refractivity contribution is -0.144. The number of thiophene rings is 1. The lowest BCUT2D eigenvalue weighted by Crippen LogP contribution is -2.25. The number of ether oxygens (including phenoxy) is 3. The van der Waals surface area contributed by atoms with Crippen molar-refractivity contribution in [3.05, 3.63) is 16.8 Å². The van der Waals surface area contributed by atoms with Crippen LogP contribution in [0.3, 0.4) is 0 Å². The van der Waals surface area contributed by atoms with Crippen LogP contribution in [0.5, 0.6) is 5.88 Å². The smallest absolute Gasteiger partial charge is 0.308 e. The second-order valence-corrected chi connectivity index (χ2v) is 7.74. The first-order valence-corrected chi connectivity index (χ1v) is 9.66. The van der Waals surface area contributed by atoms with E-state index < -0.39 is 0 Å². The number of hydrogen-bond acceptors (Lipinski definition) is 7. The molecule has 1 saturated carbocycles. The van der Waals surface area contributed by atoms with Gasteiger partial charge >= 0.3 is 5.97 Å². The van der Waals surface area contributed by atoms with E-state index in [2.05, 4.69) is 9.97 Å². The zero-order valence-electron chi connectivity index (χ0n) is 14.3. The third-order valence-electron chi connectivity index (χ3n) is 4.97. The maximum Gasteiger partial charge on any atom is 0.308 e. The summed E-state index contributed by atoms with van der Waals surface area (Å²) >= 11 is 1.63. The number of carbonyl (C=O) groups excluding carboxylic acids is 1. The summed E-state index contributed by atoms with van der Waals surface area (Å²) in [6.45, 7) is 0.501. The molecular formula is C18H22N2O4S. The summed E-state index contributed by atoms with van der Waals surface area (Å²) in [5, 5.41) is 1.01. The van der Waals surface area contributed by atoms with E-state index in [-0.39, 0.29) is 24.6 Å². The molecule has 3 heterocycles. The molecule has 1 fully saturated rings. The average Bonchev–Trinajstić information content (AvgIpc) is 3.01. The third-order valence-corrected chi connectivity index (χ3v) is 6.08. The molecule has 2 aromatic rings. The van der Waals surface area contributed by atoms with E-state index in [0.717, 1.165) is 27.9 Å². The van der Waals surface area contributed by atoms with Gasteiger partial charge in [-0.1, -0.05) is 6.42 Å². The van der Waals surface area contributed by atoms with Crippen molar-refractivity contribution >= 4 is 27.5 Å². The van der Waals surface area contributed by atoms with Crippen LogP contribution < -0.4 is 4.74 Å². The van der Waals surface area contributed by atoms with Crippen LogP contribution in [0.1, 0.15) is 49.0 Å². The molecule has 25 heavy (non-hydrogen) atoms. The first-order chi connectivity index (χ1) is 12.2. The van der Waals surface area contributed by atoms with E-state index in [1.807, 2.05) is 0 Å². The Balaban J connectivity index is 1.62. The standard InChI is InChI=1S/C18H22N2O4S/c1-22-15(21)8-12-7-13-14(9-23-12)25-18-16(13)17(19-10-20-18)24-11-5-3-2-4-6-11/h10-12H,2-9H2,1H3. The van der Waals surface area contributed by atoms with Crippen molar-refractivity contribution in [3.8, 4) is 5.88 Å². The first kappa shape index (κ1) is 16.7. The number of esters is 1. The topological polar surface area (TPSA) is 70.5 Å². The van der Waals surface area contributed by atoms with Crippen LogP contribution >= 0.6 is 11.3 Å². The third kappa shape index (κ3) is 3.48. The van der Waals surface area contributed by atoms with E-state index >= 15 is 0 Å². The van der Waals surface area contributed by atoms with Crippen LogP contribution in [0.25, 0.3) is 10.2 Å². The Kier molecular flexibility index (Phi) is 4.85. The minimum Gasteiger partial charge on any atom is -0.474 e. The average molecular weight is 362 g/mol. The molecule has 1 unspecified atom stereocenters. The maximum absolute atomic E-state index is 11.6. The van der Waals surface area contributed by atoms with Crippen molar-refractivity contribution in [2.24, 2.45) is 0 Å². The summed E-state index contributed by atoms with van der Waals surface area (Å²) < 4.78 is 16.8. The minimum absolute atomic E-state index is 0.166. The molecule has 7 heteroatoms. The van der Waals surface area contributed by atoms with Gasteiger partial charge < -0.3 is 14.2 Å². The molecule has 4 rings (SSSR count). The van der Waals surface area contributed by atoms with Crippen molar-refractivity contribution in [2.45, 2.75) is 63.8 Å². The predicted octanol–water partition coefficient (Wildman–Crippen LogP) is 3.41. The Morgan fingerprint density at radius 3 is 2.96 bits per heavy atom. The van der Waals surface area contributed by atoms with E-state index in [1.165, 1.54) is 31.9 Å². The van der Waals surface area contributed by atoms with Gasteiger partial charge in [-0.2, -0.15) is 0 Å². The van der Waals surface area contributed by atoms with Crippen LogP contribution in [-0.2, 0) is 27.3 Å². The van der Waals surface area contributed by atoms with Gasteiger partial charge in [0.15, 0.2) is 0 Å². The number of rotatable bonds is 4. The Bertz CT molecular complexity index is 770. The molecule has 6 nitrogen and oxygen atoms in total. The van der Waals surface area contributed by atoms with Crippen molar-refractivity contribution < 1.29 is 19.0 Å². The van der Waals surface area contributed by atoms with E-state index in [1.54, 1.807) is 17.7 Å². The number of nitrogens with zero attached hydrogens (tertiary/aromatic N) is 2. The van der Waals surface area contributed by atoms with Gasteiger partial charge in [-0.3, -0.25) is 4.79 Å². The van der Waals surface area contributed by atoms with Crippen molar-refractivity contribution in [1.29, 1.82) is 0 Å². The Hall–Kier alpha value is -1.73. The maximum atomic E-state index is 11.6. The highest BCUT2D eigenvalue weighted by Gasteiger charge is 2.28. The predicted molar refractivity (Wildman–Crippen MR) is 93.8 cm³/mol. The van der Waals surface area contributed by atoms with Crippen LogP contribution in [0.2, 0.25) is 0 Å². The zero-order chi connectivity index (χ0) is 17.2. The van der Waals surface area contributed by atoms with Crippen LogP contribution in [0, 0.1) is 0 Å². The van der Waals surface area contributed by atoms with Gasteiger partial charge in [-0.05, 0) is 31.2 Å². The molecule has 0 amide bonds. The Morgan fingerprint density at radius 2 is 2.16 bits per heavy atom. The highest BCUT2D eigenvalue weighted by molar-refractivity contribution is 7.18. The molecule has 2 aliphatic rings. The van der Waals surface area contributed by atoms with Crippen molar-refractivity contribution in [2.75, 3.05) is 7.11 Å². The van der Waals surface area contributed by atoms with E-state index in [9.17, 15) is 4.79 Å². The van der Waals surface area contributed by atoms with Gasteiger partial charge in [0, 0.05) is 11.3 Å². The molecule has 0 saturated heterocycles. The molecule has 0 aromatic carbocycles. The number of hydrogen-bond donors (Lipinski definition) is 0. The molecule has 0 N–H and O–H groups in total. The summed E-state index contributed by atoms with van der Waals surface area (Å²) in [5.41, 5.74) is 1.17. The Morgan fingerprint density at radius 1 is 1.32 bits per heavy atom. The summed E-state index contributed by atoms with van der Waals surface area (Å²) in [6.07, 6.45) is 8.49. The number of carbonyl (C=O) groups is 1. The number of aromatic nitrogens is 2. The van der Waals surface area contributed by atoms with Gasteiger partial charge in [-0.25, -0.2) is 9.97 Å². The summed E-state index contributed by atoms with van der Waals surface area (Å²) in [5.74, 6) is 0.441. The summed E-state index contributed by atoms with van der Waals surface area (Å²) in [7, 11) is 1.40. The lowest BCUT2D eigenvalue weighted by atomic mass is 9.97. The fourth-order valence-corrected chi connectivity index (χ4v) is 4.73. The Labute approximate surface area is 150 Å². The highest BCUT2D eigenvalue weighted by Crippen LogP contribution is 2.40. The highest BCUT2D eigenvalue weighted by atomic mass is 32.1. The molecule has 1 aliphatic carbocycles. The van der Waals surface area contributed by atoms with Gasteiger partial charge in [0.25, 0.3) is 0 Å².